The first kappa shape index (κ1) is 12.3. The molecule has 0 aromatic heterocycles. The van der Waals surface area contributed by atoms with Gasteiger partial charge in [0.1, 0.15) is 5.57 Å². The van der Waals surface area contributed by atoms with Crippen LogP contribution in [0.15, 0.2) is 40.6 Å². The van der Waals surface area contributed by atoms with Crippen LogP contribution >= 0.6 is 0 Å². The second kappa shape index (κ2) is 3.94. The quantitative estimate of drug-likeness (QED) is 0.726. The summed E-state index contributed by atoms with van der Waals surface area (Å²) in [5.74, 6) is -3.25. The topological polar surface area (TPSA) is 66.7 Å². The monoisotopic (exact) mass is 257 g/mol. The minimum Gasteiger partial charge on any atom is -0.478 e. The van der Waals surface area contributed by atoms with Crippen LogP contribution in [0.1, 0.15) is 0 Å². The average Bonchev–Trinajstić information content (AvgIpc) is 2.27. The lowest BCUT2D eigenvalue weighted by Crippen LogP contribution is -2.31. The standard InChI is InChI=1S/C11H6F3NO3/c12-11(13,14)5-1-2-6-8(3-5)15-4-7(9(6)16)10(17)18/h1-4,6H,(H,17,18). The highest BCUT2D eigenvalue weighted by molar-refractivity contribution is 6.28. The van der Waals surface area contributed by atoms with Gasteiger partial charge in [-0.25, -0.2) is 4.79 Å². The van der Waals surface area contributed by atoms with Gasteiger partial charge >= 0.3 is 12.1 Å². The van der Waals surface area contributed by atoms with Crippen molar-refractivity contribution in [1.82, 2.24) is 0 Å². The van der Waals surface area contributed by atoms with Crippen molar-refractivity contribution in [2.75, 3.05) is 0 Å². The molecule has 1 N–H and O–H groups in total. The summed E-state index contributed by atoms with van der Waals surface area (Å²) >= 11 is 0. The predicted octanol–water partition coefficient (Wildman–Crippen LogP) is 1.65. The number of alkyl halides is 3. The Labute approximate surface area is 98.8 Å². The van der Waals surface area contributed by atoms with Gasteiger partial charge in [0.15, 0.2) is 5.78 Å². The summed E-state index contributed by atoms with van der Waals surface area (Å²) in [6, 6.07) is 0. The van der Waals surface area contributed by atoms with E-state index in [0.29, 0.717) is 0 Å². The summed E-state index contributed by atoms with van der Waals surface area (Å²) in [7, 11) is 0. The summed E-state index contributed by atoms with van der Waals surface area (Å²) in [6.07, 6.45) is -1.23. The van der Waals surface area contributed by atoms with Crippen LogP contribution in [-0.2, 0) is 9.59 Å². The molecule has 0 aromatic rings. The van der Waals surface area contributed by atoms with Crippen molar-refractivity contribution in [2.45, 2.75) is 6.18 Å². The molecule has 2 aliphatic rings. The Hall–Kier alpha value is -2.18. The molecular weight excluding hydrogens is 251 g/mol. The molecule has 94 valence electrons. The molecule has 0 fully saturated rings. The number of aliphatic imine (C=N–C) groups is 1. The van der Waals surface area contributed by atoms with Crippen LogP contribution in [0.4, 0.5) is 13.2 Å². The van der Waals surface area contributed by atoms with Crippen LogP contribution in [0.25, 0.3) is 0 Å². The Kier molecular flexibility index (Phi) is 2.68. The normalized spacial score (nSPS) is 22.9. The summed E-state index contributed by atoms with van der Waals surface area (Å²) in [4.78, 5) is 25.9. The number of hydrogen-bond acceptors (Lipinski definition) is 3. The van der Waals surface area contributed by atoms with E-state index in [1.165, 1.54) is 0 Å². The van der Waals surface area contributed by atoms with Crippen molar-refractivity contribution >= 4 is 17.5 Å². The molecule has 0 spiro atoms. The molecule has 1 aliphatic heterocycles. The number of carbonyl (C=O) groups excluding carboxylic acids is 1. The van der Waals surface area contributed by atoms with Gasteiger partial charge in [-0.3, -0.25) is 9.79 Å². The molecule has 0 radical (unpaired) electrons. The third kappa shape index (κ3) is 1.99. The molecule has 0 saturated carbocycles. The van der Waals surface area contributed by atoms with Crippen molar-refractivity contribution in [3.8, 4) is 0 Å². The number of aliphatic carboxylic acids is 1. The molecule has 0 bridgehead atoms. The molecule has 2 rings (SSSR count). The van der Waals surface area contributed by atoms with Crippen molar-refractivity contribution in [3.05, 3.63) is 35.6 Å². The SMILES string of the molecule is O=C(O)C1=CN=C2C=C(C(F)(F)F)C=CC2C1=O. The first-order chi connectivity index (χ1) is 8.30. The largest absolute Gasteiger partial charge is 0.478 e. The Balaban J connectivity index is 2.42. The molecule has 0 amide bonds. The fourth-order valence-electron chi connectivity index (χ4n) is 1.64. The highest BCUT2D eigenvalue weighted by Gasteiger charge is 2.38. The lowest BCUT2D eigenvalue weighted by atomic mass is 9.86. The second-order valence-corrected chi connectivity index (χ2v) is 3.70. The number of ketones is 1. The van der Waals surface area contributed by atoms with Crippen molar-refractivity contribution in [3.63, 3.8) is 0 Å². The smallest absolute Gasteiger partial charge is 0.416 e. The van der Waals surface area contributed by atoms with E-state index in [4.69, 9.17) is 5.11 Å². The molecule has 1 atom stereocenters. The summed E-state index contributed by atoms with van der Waals surface area (Å²) in [5.41, 5.74) is -1.55. The minimum atomic E-state index is -4.52. The number of carboxylic acid groups (broad SMARTS) is 1. The number of halogens is 3. The van der Waals surface area contributed by atoms with Gasteiger partial charge in [0, 0.05) is 6.20 Å². The highest BCUT2D eigenvalue weighted by Crippen LogP contribution is 2.32. The van der Waals surface area contributed by atoms with E-state index in [9.17, 15) is 22.8 Å². The fraction of sp³-hybridized carbons (Fsp3) is 0.182. The molecule has 7 heteroatoms. The van der Waals surface area contributed by atoms with Crippen LogP contribution in [0.3, 0.4) is 0 Å². The molecule has 18 heavy (non-hydrogen) atoms. The van der Waals surface area contributed by atoms with Crippen LogP contribution < -0.4 is 0 Å². The number of nitrogens with zero attached hydrogens (tertiary/aromatic N) is 1. The average molecular weight is 257 g/mol. The number of fused-ring (bicyclic) bond motifs is 1. The van der Waals surface area contributed by atoms with E-state index < -0.39 is 35.0 Å². The number of carbonyl (C=O) groups is 2. The molecule has 1 heterocycles. The van der Waals surface area contributed by atoms with E-state index >= 15 is 0 Å². The van der Waals surface area contributed by atoms with Crippen LogP contribution in [0, 0.1) is 5.92 Å². The van der Waals surface area contributed by atoms with Gasteiger partial charge in [0.2, 0.25) is 0 Å². The van der Waals surface area contributed by atoms with E-state index in [2.05, 4.69) is 4.99 Å². The molecular formula is C11H6F3NO3. The van der Waals surface area contributed by atoms with E-state index in [-0.39, 0.29) is 5.71 Å². The molecule has 0 saturated heterocycles. The Bertz CT molecular complexity index is 552. The van der Waals surface area contributed by atoms with Gasteiger partial charge in [0.05, 0.1) is 17.2 Å². The van der Waals surface area contributed by atoms with Crippen molar-refractivity contribution in [1.29, 1.82) is 0 Å². The maximum atomic E-state index is 12.4. The summed E-state index contributed by atoms with van der Waals surface area (Å²) in [5, 5.41) is 8.70. The lowest BCUT2D eigenvalue weighted by molar-refractivity contribution is -0.134. The van der Waals surface area contributed by atoms with Gasteiger partial charge in [0.25, 0.3) is 0 Å². The first-order valence-corrected chi connectivity index (χ1v) is 4.83. The maximum absolute atomic E-state index is 12.4. The summed E-state index contributed by atoms with van der Waals surface area (Å²) < 4.78 is 37.3. The molecule has 1 aliphatic carbocycles. The van der Waals surface area contributed by atoms with Gasteiger partial charge < -0.3 is 5.11 Å². The van der Waals surface area contributed by atoms with Gasteiger partial charge in [-0.05, 0) is 6.08 Å². The Morgan fingerprint density at radius 3 is 2.61 bits per heavy atom. The van der Waals surface area contributed by atoms with Crippen LogP contribution in [0.5, 0.6) is 0 Å². The molecule has 0 aromatic carbocycles. The van der Waals surface area contributed by atoms with Crippen LogP contribution in [-0.4, -0.2) is 28.7 Å². The summed E-state index contributed by atoms with van der Waals surface area (Å²) in [6.45, 7) is 0. The van der Waals surface area contributed by atoms with Gasteiger partial charge in [-0.1, -0.05) is 12.2 Å². The number of carboxylic acids is 1. The zero-order chi connectivity index (χ0) is 13.5. The third-order valence-electron chi connectivity index (χ3n) is 2.54. The zero-order valence-electron chi connectivity index (χ0n) is 8.73. The fourth-order valence-corrected chi connectivity index (χ4v) is 1.64. The second-order valence-electron chi connectivity index (χ2n) is 3.70. The first-order valence-electron chi connectivity index (χ1n) is 4.83. The molecule has 4 nitrogen and oxygen atoms in total. The number of rotatable bonds is 1. The minimum absolute atomic E-state index is 0.0974. The predicted molar refractivity (Wildman–Crippen MR) is 54.9 cm³/mol. The van der Waals surface area contributed by atoms with Gasteiger partial charge in [-0.15, -0.1) is 0 Å². The van der Waals surface area contributed by atoms with Crippen molar-refractivity contribution < 1.29 is 27.9 Å². The molecule has 1 unspecified atom stereocenters. The van der Waals surface area contributed by atoms with E-state index in [1.807, 2.05) is 0 Å². The van der Waals surface area contributed by atoms with E-state index in [1.54, 1.807) is 0 Å². The Morgan fingerprint density at radius 1 is 1.39 bits per heavy atom. The van der Waals surface area contributed by atoms with Crippen molar-refractivity contribution in [2.24, 2.45) is 10.9 Å². The maximum Gasteiger partial charge on any atom is 0.416 e. The lowest BCUT2D eigenvalue weighted by Gasteiger charge is -2.21. The number of allylic oxidation sites excluding steroid dienone is 4. The highest BCUT2D eigenvalue weighted by atomic mass is 19.4. The number of Topliss-reactive ketones (excluding diaryl/α,β-unsaturated/α-hetero) is 1. The van der Waals surface area contributed by atoms with Gasteiger partial charge in [-0.2, -0.15) is 13.2 Å². The Morgan fingerprint density at radius 2 is 2.06 bits per heavy atom. The van der Waals surface area contributed by atoms with E-state index in [0.717, 1.165) is 24.4 Å². The zero-order valence-corrected chi connectivity index (χ0v) is 8.73. The third-order valence-corrected chi connectivity index (χ3v) is 2.54. The van der Waals surface area contributed by atoms with Crippen LogP contribution in [0.2, 0.25) is 0 Å². The number of hydrogen-bond donors (Lipinski definition) is 1.